The fraction of sp³-hybridized carbons (Fsp3) is 0.452. The van der Waals surface area contributed by atoms with Gasteiger partial charge in [0.1, 0.15) is 16.5 Å². The van der Waals surface area contributed by atoms with Gasteiger partial charge in [-0.1, -0.05) is 67.9 Å². The number of thioether (sulfide) groups is 1. The molecular formula is C31H35ClN4O3S. The van der Waals surface area contributed by atoms with Crippen molar-refractivity contribution in [1.29, 1.82) is 0 Å². The van der Waals surface area contributed by atoms with Crippen LogP contribution >= 0.6 is 23.4 Å². The van der Waals surface area contributed by atoms with Crippen molar-refractivity contribution in [2.45, 2.75) is 51.2 Å². The molecule has 6 rings (SSSR count). The Balaban J connectivity index is 1.38. The first-order valence-corrected chi connectivity index (χ1v) is 15.3. The zero-order valence-electron chi connectivity index (χ0n) is 23.2. The predicted molar refractivity (Wildman–Crippen MR) is 159 cm³/mol. The Bertz CT molecular complexity index is 1360. The lowest BCUT2D eigenvalue weighted by molar-refractivity contribution is -0.144. The van der Waals surface area contributed by atoms with E-state index in [-0.39, 0.29) is 23.8 Å². The number of aliphatic imine (C=N–C) groups is 1. The van der Waals surface area contributed by atoms with E-state index in [2.05, 4.69) is 49.9 Å². The molecule has 2 aromatic carbocycles. The molecule has 0 aromatic heterocycles. The molecule has 3 atom stereocenters. The Hall–Kier alpha value is -2.81. The molecule has 7 nitrogen and oxygen atoms in total. The number of amidine groups is 1. The average Bonchev–Trinajstić information content (AvgIpc) is 3.66. The van der Waals surface area contributed by atoms with Crippen LogP contribution in [-0.2, 0) is 19.9 Å². The second-order valence-corrected chi connectivity index (χ2v) is 12.7. The summed E-state index contributed by atoms with van der Waals surface area (Å²) in [5, 5.41) is 1.51. The quantitative estimate of drug-likeness (QED) is 0.473. The minimum atomic E-state index is -0.578. The van der Waals surface area contributed by atoms with Gasteiger partial charge in [-0.2, -0.15) is 0 Å². The Morgan fingerprint density at radius 2 is 1.75 bits per heavy atom. The number of carbonyl (C=O) groups excluding carboxylic acids is 2. The van der Waals surface area contributed by atoms with Gasteiger partial charge >= 0.3 is 0 Å². The monoisotopic (exact) mass is 578 g/mol. The van der Waals surface area contributed by atoms with Crippen molar-refractivity contribution in [3.63, 3.8) is 0 Å². The highest BCUT2D eigenvalue weighted by molar-refractivity contribution is 8.18. The molecule has 0 aliphatic carbocycles. The van der Waals surface area contributed by atoms with E-state index in [1.807, 2.05) is 35.2 Å². The normalized spacial score (nSPS) is 26.5. The van der Waals surface area contributed by atoms with E-state index in [0.717, 1.165) is 28.4 Å². The Morgan fingerprint density at radius 1 is 1.05 bits per heavy atom. The molecule has 4 heterocycles. The average molecular weight is 579 g/mol. The minimum Gasteiger partial charge on any atom is -0.378 e. The van der Waals surface area contributed by atoms with Crippen LogP contribution in [-0.4, -0.2) is 70.6 Å². The standard InChI is InChI=1S/C31H35ClN4O3S/c1-20(2)25-26(29(38)35-15-7-10-24(35)28(37)34-16-18-39-19-17-34)40-30-33-31(3,22-11-13-23(32)14-12-22)27(36(25)30)21-8-5-4-6-9-21/h4-6,8-9,11-14,20,24,27H,7,10,15-19H2,1-3H3/t24-,27?,31?/m0/s1. The number of amides is 2. The molecule has 0 saturated carbocycles. The number of halogens is 1. The first kappa shape index (κ1) is 27.4. The zero-order valence-corrected chi connectivity index (χ0v) is 24.8. The van der Waals surface area contributed by atoms with E-state index in [9.17, 15) is 9.59 Å². The first-order chi connectivity index (χ1) is 19.3. The third-order valence-corrected chi connectivity index (χ3v) is 9.73. The van der Waals surface area contributed by atoms with Gasteiger partial charge in [-0.25, -0.2) is 4.99 Å². The van der Waals surface area contributed by atoms with Crippen molar-refractivity contribution in [3.8, 4) is 0 Å². The number of ether oxygens (including phenoxy) is 1. The van der Waals surface area contributed by atoms with Gasteiger partial charge in [-0.05, 0) is 60.7 Å². The molecule has 210 valence electrons. The Morgan fingerprint density at radius 3 is 2.42 bits per heavy atom. The highest BCUT2D eigenvalue weighted by atomic mass is 35.5. The molecular weight excluding hydrogens is 544 g/mol. The first-order valence-electron chi connectivity index (χ1n) is 14.1. The van der Waals surface area contributed by atoms with E-state index in [1.165, 1.54) is 11.8 Å². The summed E-state index contributed by atoms with van der Waals surface area (Å²) in [6.07, 6.45) is 1.52. The summed E-state index contributed by atoms with van der Waals surface area (Å²) in [4.78, 5) is 39.7. The van der Waals surface area contributed by atoms with Gasteiger partial charge in [0, 0.05) is 30.4 Å². The van der Waals surface area contributed by atoms with Crippen molar-refractivity contribution in [2.75, 3.05) is 32.8 Å². The van der Waals surface area contributed by atoms with Crippen LogP contribution in [0.1, 0.15) is 50.8 Å². The number of hydrogen-bond donors (Lipinski definition) is 0. The number of fused-ring (bicyclic) bond motifs is 1. The largest absolute Gasteiger partial charge is 0.378 e. The number of nitrogens with zero attached hydrogens (tertiary/aromatic N) is 4. The van der Waals surface area contributed by atoms with Crippen molar-refractivity contribution in [2.24, 2.45) is 10.9 Å². The lowest BCUT2D eigenvalue weighted by Crippen LogP contribution is -2.51. The van der Waals surface area contributed by atoms with Crippen LogP contribution in [0.2, 0.25) is 5.02 Å². The number of benzene rings is 2. The van der Waals surface area contributed by atoms with Crippen LogP contribution in [0.4, 0.5) is 0 Å². The molecule has 4 aliphatic heterocycles. The molecule has 0 radical (unpaired) electrons. The van der Waals surface area contributed by atoms with Crippen molar-refractivity contribution in [3.05, 3.63) is 81.3 Å². The summed E-state index contributed by atoms with van der Waals surface area (Å²) in [5.74, 6) is 0.0583. The van der Waals surface area contributed by atoms with E-state index in [1.54, 1.807) is 4.90 Å². The topological polar surface area (TPSA) is 65.5 Å². The molecule has 4 aliphatic rings. The molecule has 2 fully saturated rings. The molecule has 40 heavy (non-hydrogen) atoms. The summed E-state index contributed by atoms with van der Waals surface area (Å²) in [6, 6.07) is 17.8. The van der Waals surface area contributed by atoms with Gasteiger partial charge in [0.05, 0.1) is 19.3 Å². The second-order valence-electron chi connectivity index (χ2n) is 11.3. The summed E-state index contributed by atoms with van der Waals surface area (Å²) in [6.45, 7) is 9.28. The minimum absolute atomic E-state index is 0.0409. The van der Waals surface area contributed by atoms with E-state index in [4.69, 9.17) is 21.3 Å². The third-order valence-electron chi connectivity index (χ3n) is 8.42. The van der Waals surface area contributed by atoms with Gasteiger partial charge in [0.25, 0.3) is 5.91 Å². The van der Waals surface area contributed by atoms with Crippen molar-refractivity contribution >= 4 is 40.3 Å². The third kappa shape index (κ3) is 4.64. The molecule has 0 spiro atoms. The Kier molecular flexibility index (Phi) is 7.44. The van der Waals surface area contributed by atoms with Gasteiger partial charge in [0.15, 0.2) is 5.17 Å². The highest BCUT2D eigenvalue weighted by Crippen LogP contribution is 2.56. The van der Waals surface area contributed by atoms with Crippen LogP contribution in [0.25, 0.3) is 0 Å². The maximum Gasteiger partial charge on any atom is 0.263 e. The lowest BCUT2D eigenvalue weighted by atomic mass is 9.81. The summed E-state index contributed by atoms with van der Waals surface area (Å²) >= 11 is 7.70. The fourth-order valence-electron chi connectivity index (χ4n) is 6.45. The maximum absolute atomic E-state index is 14.3. The van der Waals surface area contributed by atoms with Gasteiger partial charge in [0.2, 0.25) is 5.91 Å². The second kappa shape index (κ2) is 10.9. The van der Waals surface area contributed by atoms with Crippen LogP contribution in [0, 0.1) is 5.92 Å². The molecule has 2 saturated heterocycles. The van der Waals surface area contributed by atoms with Crippen LogP contribution in [0.15, 0.2) is 70.2 Å². The molecule has 9 heteroatoms. The summed E-state index contributed by atoms with van der Waals surface area (Å²) in [5.41, 5.74) is 2.60. The van der Waals surface area contributed by atoms with Gasteiger partial charge in [-0.15, -0.1) is 0 Å². The van der Waals surface area contributed by atoms with E-state index >= 15 is 0 Å². The smallest absolute Gasteiger partial charge is 0.263 e. The number of likely N-dealkylation sites (tertiary alicyclic amines) is 1. The SMILES string of the molecule is CC(C)C1=C(C(=O)N2CCC[C@H]2C(=O)N2CCOCC2)SC2=NC(C)(c3ccc(Cl)cc3)C(c3ccccc3)N21. The van der Waals surface area contributed by atoms with Crippen LogP contribution < -0.4 is 0 Å². The summed E-state index contributed by atoms with van der Waals surface area (Å²) in [7, 11) is 0. The lowest BCUT2D eigenvalue weighted by Gasteiger charge is -2.37. The van der Waals surface area contributed by atoms with Crippen molar-refractivity contribution in [1.82, 2.24) is 14.7 Å². The van der Waals surface area contributed by atoms with Crippen molar-refractivity contribution < 1.29 is 14.3 Å². The number of morpholine rings is 1. The molecule has 2 aromatic rings. The van der Waals surface area contributed by atoms with Gasteiger partial charge in [-0.3, -0.25) is 9.59 Å². The zero-order chi connectivity index (χ0) is 28.0. The number of allylic oxidation sites excluding steroid dienone is 1. The maximum atomic E-state index is 14.3. The summed E-state index contributed by atoms with van der Waals surface area (Å²) < 4.78 is 5.44. The predicted octanol–water partition coefficient (Wildman–Crippen LogP) is 5.43. The molecule has 2 amide bonds. The number of rotatable bonds is 5. The highest BCUT2D eigenvalue weighted by Gasteiger charge is 2.54. The van der Waals surface area contributed by atoms with E-state index < -0.39 is 11.6 Å². The molecule has 2 unspecified atom stereocenters. The molecule has 0 bridgehead atoms. The number of hydrogen-bond acceptors (Lipinski definition) is 6. The van der Waals surface area contributed by atoms with Crippen LogP contribution in [0.5, 0.6) is 0 Å². The van der Waals surface area contributed by atoms with Gasteiger partial charge < -0.3 is 19.4 Å². The number of carbonyl (C=O) groups is 2. The van der Waals surface area contributed by atoms with Crippen LogP contribution in [0.3, 0.4) is 0 Å². The molecule has 0 N–H and O–H groups in total. The Labute approximate surface area is 245 Å². The fourth-order valence-corrected chi connectivity index (χ4v) is 7.94. The van der Waals surface area contributed by atoms with E-state index in [0.29, 0.717) is 49.2 Å².